The Balaban J connectivity index is 2.14. The highest BCUT2D eigenvalue weighted by atomic mass is 19.4. The van der Waals surface area contributed by atoms with Crippen LogP contribution in [0, 0.1) is 0 Å². The zero-order valence-electron chi connectivity index (χ0n) is 15.8. The molecule has 0 aliphatic heterocycles. The van der Waals surface area contributed by atoms with Gasteiger partial charge in [0.15, 0.2) is 0 Å². The van der Waals surface area contributed by atoms with E-state index in [-0.39, 0.29) is 6.04 Å². The van der Waals surface area contributed by atoms with E-state index >= 15 is 0 Å². The lowest BCUT2D eigenvalue weighted by Crippen LogP contribution is -2.15. The van der Waals surface area contributed by atoms with Crippen molar-refractivity contribution in [1.29, 1.82) is 0 Å². The molecule has 0 aliphatic carbocycles. The molecule has 0 saturated heterocycles. The predicted molar refractivity (Wildman–Crippen MR) is 106 cm³/mol. The Kier molecular flexibility index (Phi) is 4.53. The van der Waals surface area contributed by atoms with Crippen LogP contribution in [0.15, 0.2) is 71.8 Å². The molecule has 2 aromatic heterocycles. The number of benzene rings is 2. The lowest BCUT2D eigenvalue weighted by atomic mass is 10.1. The zero-order valence-corrected chi connectivity index (χ0v) is 15.8. The largest absolute Gasteiger partial charge is 0.416 e. The van der Waals surface area contributed by atoms with Crippen LogP contribution in [0.5, 0.6) is 0 Å². The van der Waals surface area contributed by atoms with Crippen LogP contribution in [0.4, 0.5) is 13.2 Å². The Morgan fingerprint density at radius 2 is 1.69 bits per heavy atom. The fraction of sp³-hybridized carbons (Fsp3) is 0.182. The first-order valence-electron chi connectivity index (χ1n) is 9.13. The molecule has 4 aromatic rings. The fourth-order valence-electron chi connectivity index (χ4n) is 3.43. The van der Waals surface area contributed by atoms with E-state index in [0.29, 0.717) is 22.4 Å². The van der Waals surface area contributed by atoms with E-state index in [9.17, 15) is 18.0 Å². The van der Waals surface area contributed by atoms with Crippen LogP contribution < -0.4 is 5.56 Å². The Morgan fingerprint density at radius 1 is 0.966 bits per heavy atom. The van der Waals surface area contributed by atoms with Gasteiger partial charge in [-0.2, -0.15) is 18.2 Å². The number of aromatic nitrogens is 3. The van der Waals surface area contributed by atoms with E-state index < -0.39 is 17.3 Å². The standard InChI is InChI=1S/C22H18F3N3O/c1-14(2)27-13-26-20(29)18-12-19(15-7-4-3-5-8-15)28(21(18)27)17-10-6-9-16(11-17)22(23,24)25/h3-14H,1-2H3. The van der Waals surface area contributed by atoms with Gasteiger partial charge in [0, 0.05) is 11.7 Å². The molecule has 2 heterocycles. The van der Waals surface area contributed by atoms with Gasteiger partial charge in [-0.05, 0) is 43.7 Å². The fourth-order valence-corrected chi connectivity index (χ4v) is 3.43. The first-order chi connectivity index (χ1) is 13.8. The quantitative estimate of drug-likeness (QED) is 0.461. The van der Waals surface area contributed by atoms with Crippen LogP contribution >= 0.6 is 0 Å². The lowest BCUT2D eigenvalue weighted by molar-refractivity contribution is -0.137. The van der Waals surface area contributed by atoms with E-state index in [0.717, 1.165) is 17.7 Å². The number of fused-ring (bicyclic) bond motifs is 1. The summed E-state index contributed by atoms with van der Waals surface area (Å²) >= 11 is 0. The minimum atomic E-state index is -4.47. The normalized spacial score (nSPS) is 12.1. The van der Waals surface area contributed by atoms with Crippen LogP contribution in [-0.2, 0) is 6.18 Å². The molecule has 0 bridgehead atoms. The summed E-state index contributed by atoms with van der Waals surface area (Å²) in [6.07, 6.45) is -3.03. The molecule has 29 heavy (non-hydrogen) atoms. The molecule has 4 nitrogen and oxygen atoms in total. The van der Waals surface area contributed by atoms with Crippen molar-refractivity contribution in [3.8, 4) is 16.9 Å². The molecule has 148 valence electrons. The van der Waals surface area contributed by atoms with E-state index in [1.807, 2.05) is 44.2 Å². The Bertz CT molecular complexity index is 1240. The Morgan fingerprint density at radius 3 is 2.34 bits per heavy atom. The molecule has 4 rings (SSSR count). The Labute approximate surface area is 164 Å². The monoisotopic (exact) mass is 397 g/mol. The summed E-state index contributed by atoms with van der Waals surface area (Å²) in [7, 11) is 0. The third-order valence-electron chi connectivity index (χ3n) is 4.81. The molecule has 0 amide bonds. The summed E-state index contributed by atoms with van der Waals surface area (Å²) in [6, 6.07) is 16.0. The molecule has 7 heteroatoms. The highest BCUT2D eigenvalue weighted by molar-refractivity contribution is 5.86. The van der Waals surface area contributed by atoms with Crippen molar-refractivity contribution in [3.05, 3.63) is 82.9 Å². The van der Waals surface area contributed by atoms with Crippen molar-refractivity contribution in [2.24, 2.45) is 0 Å². The van der Waals surface area contributed by atoms with Gasteiger partial charge in [-0.25, -0.2) is 0 Å². The molecule has 0 saturated carbocycles. The second-order valence-electron chi connectivity index (χ2n) is 7.07. The smallest absolute Gasteiger partial charge is 0.315 e. The average molecular weight is 397 g/mol. The summed E-state index contributed by atoms with van der Waals surface area (Å²) < 4.78 is 43.5. The number of rotatable bonds is 3. The number of hydrogen-bond donors (Lipinski definition) is 0. The van der Waals surface area contributed by atoms with Gasteiger partial charge in [0.1, 0.15) is 12.0 Å². The summed E-state index contributed by atoms with van der Waals surface area (Å²) in [5.41, 5.74) is 1.09. The van der Waals surface area contributed by atoms with Crippen LogP contribution in [0.3, 0.4) is 0 Å². The summed E-state index contributed by atoms with van der Waals surface area (Å²) in [6.45, 7) is 3.86. The second kappa shape index (κ2) is 6.92. The number of alkyl halides is 3. The minimum absolute atomic E-state index is 0.0475. The van der Waals surface area contributed by atoms with Gasteiger partial charge in [0.05, 0.1) is 16.6 Å². The van der Waals surface area contributed by atoms with Crippen molar-refractivity contribution in [2.45, 2.75) is 26.1 Å². The van der Waals surface area contributed by atoms with Gasteiger partial charge < -0.3 is 4.57 Å². The molecule has 0 radical (unpaired) electrons. The average Bonchev–Trinajstić information content (AvgIpc) is 3.09. The molecular weight excluding hydrogens is 379 g/mol. The van der Waals surface area contributed by atoms with Crippen molar-refractivity contribution < 1.29 is 13.2 Å². The molecule has 0 aliphatic rings. The SMILES string of the molecule is CC(C)n1cnc(=O)c2cc(-c3ccccc3)n(-c3cccc(C(F)(F)F)c3)c21. The van der Waals surface area contributed by atoms with Gasteiger partial charge in [0.25, 0.3) is 5.56 Å². The van der Waals surface area contributed by atoms with Gasteiger partial charge in [-0.1, -0.05) is 36.4 Å². The van der Waals surface area contributed by atoms with Crippen molar-refractivity contribution in [1.82, 2.24) is 14.1 Å². The zero-order chi connectivity index (χ0) is 20.8. The van der Waals surface area contributed by atoms with E-state index in [1.54, 1.807) is 21.3 Å². The van der Waals surface area contributed by atoms with E-state index in [4.69, 9.17) is 0 Å². The van der Waals surface area contributed by atoms with E-state index in [1.165, 1.54) is 12.4 Å². The summed E-state index contributed by atoms with van der Waals surface area (Å²) in [5.74, 6) is 0. The number of nitrogens with zero attached hydrogens (tertiary/aromatic N) is 3. The predicted octanol–water partition coefficient (Wildman–Crippen LogP) is 5.45. The highest BCUT2D eigenvalue weighted by Crippen LogP contribution is 2.34. The second-order valence-corrected chi connectivity index (χ2v) is 7.07. The van der Waals surface area contributed by atoms with Crippen LogP contribution in [-0.4, -0.2) is 14.1 Å². The van der Waals surface area contributed by atoms with Crippen molar-refractivity contribution in [3.63, 3.8) is 0 Å². The molecule has 0 N–H and O–H groups in total. The number of halogens is 3. The van der Waals surface area contributed by atoms with Gasteiger partial charge >= 0.3 is 6.18 Å². The van der Waals surface area contributed by atoms with Crippen LogP contribution in [0.2, 0.25) is 0 Å². The van der Waals surface area contributed by atoms with Gasteiger partial charge in [0.2, 0.25) is 0 Å². The topological polar surface area (TPSA) is 39.8 Å². The first kappa shape index (κ1) is 19.0. The molecular formula is C22H18F3N3O. The highest BCUT2D eigenvalue weighted by Gasteiger charge is 2.31. The van der Waals surface area contributed by atoms with Gasteiger partial charge in [-0.3, -0.25) is 9.36 Å². The summed E-state index contributed by atoms with van der Waals surface area (Å²) in [5, 5.41) is 0.359. The molecule has 2 aromatic carbocycles. The lowest BCUT2D eigenvalue weighted by Gasteiger charge is -2.18. The third kappa shape index (κ3) is 3.33. The molecule has 0 atom stereocenters. The minimum Gasteiger partial charge on any atom is -0.315 e. The maximum atomic E-state index is 13.3. The first-order valence-corrected chi connectivity index (χ1v) is 9.13. The maximum absolute atomic E-state index is 13.3. The van der Waals surface area contributed by atoms with Crippen molar-refractivity contribution in [2.75, 3.05) is 0 Å². The van der Waals surface area contributed by atoms with Gasteiger partial charge in [-0.15, -0.1) is 0 Å². The van der Waals surface area contributed by atoms with E-state index in [2.05, 4.69) is 4.98 Å². The summed E-state index contributed by atoms with van der Waals surface area (Å²) in [4.78, 5) is 16.4. The molecule has 0 fully saturated rings. The van der Waals surface area contributed by atoms with Crippen molar-refractivity contribution >= 4 is 11.0 Å². The Hall–Kier alpha value is -3.35. The van der Waals surface area contributed by atoms with Crippen LogP contribution in [0.25, 0.3) is 28.0 Å². The maximum Gasteiger partial charge on any atom is 0.416 e. The third-order valence-corrected chi connectivity index (χ3v) is 4.81. The molecule has 0 unspecified atom stereocenters. The number of hydrogen-bond acceptors (Lipinski definition) is 2. The van der Waals surface area contributed by atoms with Crippen LogP contribution in [0.1, 0.15) is 25.5 Å². The molecule has 0 spiro atoms.